The van der Waals surface area contributed by atoms with Crippen LogP contribution in [0.2, 0.25) is 5.02 Å². The molecule has 138 valence electrons. The summed E-state index contributed by atoms with van der Waals surface area (Å²) in [5.41, 5.74) is 1.16. The number of halogens is 1. The zero-order chi connectivity index (χ0) is 17.9. The number of thioether (sulfide) groups is 1. The Morgan fingerprint density at radius 2 is 1.84 bits per heavy atom. The van der Waals surface area contributed by atoms with Crippen molar-refractivity contribution in [2.24, 2.45) is 0 Å². The zero-order valence-electron chi connectivity index (χ0n) is 14.1. The van der Waals surface area contributed by atoms with Gasteiger partial charge >= 0.3 is 0 Å². The fraction of sp³-hybridized carbons (Fsp3) is 0.588. The van der Waals surface area contributed by atoms with E-state index in [9.17, 15) is 13.2 Å². The molecule has 2 fully saturated rings. The summed E-state index contributed by atoms with van der Waals surface area (Å²) in [4.78, 5) is 16.5. The van der Waals surface area contributed by atoms with Gasteiger partial charge in [0.15, 0.2) is 9.84 Å². The summed E-state index contributed by atoms with van der Waals surface area (Å²) >= 11 is 7.48. The van der Waals surface area contributed by atoms with E-state index in [4.69, 9.17) is 11.6 Å². The molecule has 1 aromatic rings. The van der Waals surface area contributed by atoms with Crippen molar-refractivity contribution in [3.05, 3.63) is 34.9 Å². The first-order valence-corrected chi connectivity index (χ1v) is 11.8. The van der Waals surface area contributed by atoms with Gasteiger partial charge in [-0.2, -0.15) is 0 Å². The standard InChI is InChI=1S/C17H23ClN2O3S2/c18-15-3-1-14(2-4-15)11-24-12-17(21)20-8-6-19(7-9-20)16-5-10-25(22,23)13-16/h1-4,16H,5-13H2/t16-/m0/s1. The molecule has 1 amide bonds. The third-order valence-corrected chi connectivity index (χ3v) is 7.79. The normalized spacial score (nSPS) is 23.7. The molecule has 0 spiro atoms. The van der Waals surface area contributed by atoms with E-state index in [2.05, 4.69) is 4.90 Å². The van der Waals surface area contributed by atoms with E-state index >= 15 is 0 Å². The summed E-state index contributed by atoms with van der Waals surface area (Å²) < 4.78 is 23.2. The Kier molecular flexibility index (Phi) is 6.30. The Morgan fingerprint density at radius 1 is 1.16 bits per heavy atom. The Morgan fingerprint density at radius 3 is 2.44 bits per heavy atom. The first kappa shape index (κ1) is 19.0. The maximum absolute atomic E-state index is 12.3. The number of benzene rings is 1. The Hall–Kier alpha value is -0.760. The minimum atomic E-state index is -2.85. The lowest BCUT2D eigenvalue weighted by atomic mass is 10.2. The van der Waals surface area contributed by atoms with Crippen molar-refractivity contribution in [1.82, 2.24) is 9.80 Å². The molecular formula is C17H23ClN2O3S2. The van der Waals surface area contributed by atoms with Crippen LogP contribution in [0.4, 0.5) is 0 Å². The van der Waals surface area contributed by atoms with Crippen LogP contribution in [0.5, 0.6) is 0 Å². The van der Waals surface area contributed by atoms with Gasteiger partial charge in [0, 0.05) is 43.0 Å². The van der Waals surface area contributed by atoms with Crippen LogP contribution >= 0.6 is 23.4 Å². The van der Waals surface area contributed by atoms with E-state index < -0.39 is 9.84 Å². The summed E-state index contributed by atoms with van der Waals surface area (Å²) in [5, 5.41) is 0.720. The van der Waals surface area contributed by atoms with Gasteiger partial charge in [0.05, 0.1) is 17.3 Å². The second kappa shape index (κ2) is 8.29. The second-order valence-electron chi connectivity index (χ2n) is 6.59. The predicted octanol–water partition coefficient (Wildman–Crippen LogP) is 1.90. The lowest BCUT2D eigenvalue weighted by Crippen LogP contribution is -2.52. The highest BCUT2D eigenvalue weighted by Gasteiger charge is 2.34. The molecule has 2 aliphatic heterocycles. The molecule has 2 heterocycles. The number of hydrogen-bond acceptors (Lipinski definition) is 5. The molecule has 1 aromatic carbocycles. The van der Waals surface area contributed by atoms with Gasteiger partial charge < -0.3 is 4.90 Å². The fourth-order valence-electron chi connectivity index (χ4n) is 3.33. The highest BCUT2D eigenvalue weighted by Crippen LogP contribution is 2.20. The third-order valence-electron chi connectivity index (χ3n) is 4.80. The maximum Gasteiger partial charge on any atom is 0.232 e. The largest absolute Gasteiger partial charge is 0.339 e. The summed E-state index contributed by atoms with van der Waals surface area (Å²) in [5.74, 6) is 2.01. The maximum atomic E-state index is 12.3. The highest BCUT2D eigenvalue weighted by atomic mass is 35.5. The molecule has 5 nitrogen and oxygen atoms in total. The van der Waals surface area contributed by atoms with Gasteiger partial charge in [-0.05, 0) is 24.1 Å². The lowest BCUT2D eigenvalue weighted by Gasteiger charge is -2.37. The SMILES string of the molecule is O=C(CSCc1ccc(Cl)cc1)N1CCN([C@H]2CCS(=O)(=O)C2)CC1. The van der Waals surface area contributed by atoms with E-state index in [1.165, 1.54) is 0 Å². The number of nitrogens with zero attached hydrogens (tertiary/aromatic N) is 2. The fourth-order valence-corrected chi connectivity index (χ4v) is 6.10. The number of sulfone groups is 1. The topological polar surface area (TPSA) is 57.7 Å². The molecule has 0 aromatic heterocycles. The van der Waals surface area contributed by atoms with E-state index in [-0.39, 0.29) is 17.7 Å². The van der Waals surface area contributed by atoms with Crippen molar-refractivity contribution in [2.75, 3.05) is 43.4 Å². The van der Waals surface area contributed by atoms with Gasteiger partial charge in [0.1, 0.15) is 0 Å². The van der Waals surface area contributed by atoms with Crippen molar-refractivity contribution in [3.63, 3.8) is 0 Å². The van der Waals surface area contributed by atoms with Crippen LogP contribution in [-0.2, 0) is 20.4 Å². The number of hydrogen-bond donors (Lipinski definition) is 0. The van der Waals surface area contributed by atoms with Crippen LogP contribution < -0.4 is 0 Å². The van der Waals surface area contributed by atoms with Crippen LogP contribution in [-0.4, -0.2) is 73.6 Å². The average Bonchev–Trinajstić information content (AvgIpc) is 2.97. The molecule has 0 N–H and O–H groups in total. The summed E-state index contributed by atoms with van der Waals surface area (Å²) in [6, 6.07) is 7.83. The molecule has 0 aliphatic carbocycles. The number of carbonyl (C=O) groups is 1. The smallest absolute Gasteiger partial charge is 0.232 e. The van der Waals surface area contributed by atoms with Crippen LogP contribution in [0.3, 0.4) is 0 Å². The number of piperazine rings is 1. The predicted molar refractivity (Wildman–Crippen MR) is 103 cm³/mol. The molecule has 1 atom stereocenters. The van der Waals surface area contributed by atoms with Gasteiger partial charge in [-0.15, -0.1) is 11.8 Å². The minimum absolute atomic E-state index is 0.140. The van der Waals surface area contributed by atoms with Crippen molar-refractivity contribution >= 4 is 39.1 Å². The van der Waals surface area contributed by atoms with Crippen LogP contribution in [0.25, 0.3) is 0 Å². The highest BCUT2D eigenvalue weighted by molar-refractivity contribution is 7.99. The van der Waals surface area contributed by atoms with Gasteiger partial charge in [-0.1, -0.05) is 23.7 Å². The first-order valence-electron chi connectivity index (χ1n) is 8.47. The van der Waals surface area contributed by atoms with Gasteiger partial charge in [-0.3, -0.25) is 9.69 Å². The van der Waals surface area contributed by atoms with Gasteiger partial charge in [0.25, 0.3) is 0 Å². The van der Waals surface area contributed by atoms with Crippen molar-refractivity contribution in [1.29, 1.82) is 0 Å². The first-order chi connectivity index (χ1) is 11.9. The average molecular weight is 403 g/mol. The van der Waals surface area contributed by atoms with Crippen molar-refractivity contribution in [2.45, 2.75) is 18.2 Å². The molecule has 3 rings (SSSR count). The second-order valence-corrected chi connectivity index (χ2v) is 10.2. The quantitative estimate of drug-likeness (QED) is 0.752. The number of rotatable bonds is 5. The van der Waals surface area contributed by atoms with Gasteiger partial charge in [0.2, 0.25) is 5.91 Å². The molecule has 25 heavy (non-hydrogen) atoms. The molecular weight excluding hydrogens is 380 g/mol. The van der Waals surface area contributed by atoms with E-state index in [1.54, 1.807) is 11.8 Å². The van der Waals surface area contributed by atoms with Crippen LogP contribution in [0, 0.1) is 0 Å². The molecule has 2 saturated heterocycles. The number of amides is 1. The Bertz CT molecular complexity index is 701. The van der Waals surface area contributed by atoms with E-state index in [0.717, 1.165) is 35.8 Å². The van der Waals surface area contributed by atoms with Crippen molar-refractivity contribution < 1.29 is 13.2 Å². The van der Waals surface area contributed by atoms with E-state index in [1.807, 2.05) is 29.2 Å². The van der Waals surface area contributed by atoms with Crippen LogP contribution in [0.1, 0.15) is 12.0 Å². The molecule has 2 aliphatic rings. The Balaban J connectivity index is 1.39. The molecule has 0 radical (unpaired) electrons. The van der Waals surface area contributed by atoms with Gasteiger partial charge in [-0.25, -0.2) is 8.42 Å². The minimum Gasteiger partial charge on any atom is -0.339 e. The molecule has 0 unspecified atom stereocenters. The lowest BCUT2D eigenvalue weighted by molar-refractivity contribution is -0.130. The zero-order valence-corrected chi connectivity index (χ0v) is 16.5. The summed E-state index contributed by atoms with van der Waals surface area (Å²) in [6.07, 6.45) is 0.729. The monoisotopic (exact) mass is 402 g/mol. The molecule has 0 saturated carbocycles. The molecule has 0 bridgehead atoms. The summed E-state index contributed by atoms with van der Waals surface area (Å²) in [6.45, 7) is 2.93. The summed E-state index contributed by atoms with van der Waals surface area (Å²) in [7, 11) is -2.85. The van der Waals surface area contributed by atoms with Crippen LogP contribution in [0.15, 0.2) is 24.3 Å². The molecule has 8 heteroatoms. The Labute approximate surface area is 158 Å². The van der Waals surface area contributed by atoms with Crippen molar-refractivity contribution in [3.8, 4) is 0 Å². The number of carbonyl (C=O) groups excluding carboxylic acids is 1. The van der Waals surface area contributed by atoms with E-state index in [0.29, 0.717) is 24.6 Å². The third kappa shape index (κ3) is 5.36.